The maximum Gasteiger partial charge on any atom is 0.350 e. The van der Waals surface area contributed by atoms with Crippen molar-refractivity contribution in [2.45, 2.75) is 120 Å². The molecule has 13 rings (SSSR count). The van der Waals surface area contributed by atoms with Crippen LogP contribution in [-0.2, 0) is 92.7 Å². The fourth-order valence-electron chi connectivity index (χ4n) is 16.4. The average Bonchev–Trinajstić information content (AvgIpc) is 1.57. The summed E-state index contributed by atoms with van der Waals surface area (Å²) in [7, 11) is 18.5. The molecule has 4 aliphatic rings. The van der Waals surface area contributed by atoms with Gasteiger partial charge in [0.15, 0.2) is 17.5 Å². The van der Waals surface area contributed by atoms with E-state index in [4.69, 9.17) is 4.74 Å². The molecular formula is C92H117F2N21O10S3. The van der Waals surface area contributed by atoms with E-state index in [-0.39, 0.29) is 113 Å². The second-order valence-electron chi connectivity index (χ2n) is 33.5. The lowest BCUT2D eigenvalue weighted by molar-refractivity contribution is -0.141. The summed E-state index contributed by atoms with van der Waals surface area (Å²) in [6.45, 7) is 24.4. The number of amides is 12. The number of carbonyl (C=O) groups is 9. The Morgan fingerprint density at radius 2 is 0.797 bits per heavy atom. The molecule has 128 heavy (non-hydrogen) atoms. The number of nitrogens with one attached hydrogen (secondary N) is 9. The lowest BCUT2D eigenvalue weighted by Gasteiger charge is -2.34. The first-order chi connectivity index (χ1) is 59.2. The molecule has 1 aliphatic carbocycles. The first-order valence-electron chi connectivity index (χ1n) is 40.7. The monoisotopic (exact) mass is 1810 g/mol. The number of ether oxygens (including phenoxy) is 1. The van der Waals surface area contributed by atoms with Gasteiger partial charge in [-0.15, -0.1) is 0 Å². The molecule has 9 N–H and O–H groups in total. The van der Waals surface area contributed by atoms with Crippen LogP contribution in [0.3, 0.4) is 0 Å². The number of benzene rings is 6. The predicted molar refractivity (Wildman–Crippen MR) is 508 cm³/mol. The number of methoxy groups -OCH3 is 1. The molecule has 0 saturated heterocycles. The molecule has 3 aliphatic heterocycles. The minimum Gasteiger partial charge on any atom is -0.495 e. The van der Waals surface area contributed by atoms with E-state index in [9.17, 15) is 43.2 Å². The van der Waals surface area contributed by atoms with Crippen molar-refractivity contribution in [2.75, 3.05) is 101 Å². The number of nitrogens with zero attached hydrogens (tertiary/aromatic N) is 12. The van der Waals surface area contributed by atoms with Crippen LogP contribution in [0.1, 0.15) is 144 Å². The van der Waals surface area contributed by atoms with Gasteiger partial charge >= 0.3 is 29.9 Å². The predicted octanol–water partition coefficient (Wildman–Crippen LogP) is 12.8. The topological polar surface area (TPSA) is 344 Å². The Hall–Kier alpha value is -12.6. The molecule has 3 aromatic heterocycles. The number of hydrogen-bond donors (Lipinski definition) is 9. The van der Waals surface area contributed by atoms with Crippen LogP contribution in [-0.4, -0.2) is 181 Å². The second kappa shape index (κ2) is 41.9. The second-order valence-corrected chi connectivity index (χ2v) is 33.5. The molecule has 31 nitrogen and oxygen atoms in total. The van der Waals surface area contributed by atoms with Crippen molar-refractivity contribution in [3.8, 4) is 5.75 Å². The van der Waals surface area contributed by atoms with Gasteiger partial charge in [0.1, 0.15) is 5.75 Å². The van der Waals surface area contributed by atoms with Crippen molar-refractivity contribution in [2.24, 2.45) is 21.1 Å². The van der Waals surface area contributed by atoms with Crippen LogP contribution in [0.5, 0.6) is 5.75 Å². The van der Waals surface area contributed by atoms with Crippen molar-refractivity contribution in [1.29, 1.82) is 0 Å². The zero-order valence-electron chi connectivity index (χ0n) is 75.0. The van der Waals surface area contributed by atoms with Gasteiger partial charge in [-0.1, -0.05) is 135 Å². The van der Waals surface area contributed by atoms with Crippen molar-refractivity contribution in [1.82, 2.24) is 74.7 Å². The van der Waals surface area contributed by atoms with Gasteiger partial charge in [0.05, 0.1) is 89.7 Å². The summed E-state index contributed by atoms with van der Waals surface area (Å²) in [5.74, 6) is -6.01. The molecule has 682 valence electrons. The fraction of sp³-hybridized carbons (Fsp3) is 0.348. The normalized spacial score (nSPS) is 14.9. The summed E-state index contributed by atoms with van der Waals surface area (Å²) in [6.07, 6.45) is 4.86. The molecule has 0 bridgehead atoms. The van der Waals surface area contributed by atoms with Crippen molar-refractivity contribution in [3.05, 3.63) is 263 Å². The number of likely N-dealkylation sites (N-methyl/N-ethyl adjacent to an activating group) is 3. The van der Waals surface area contributed by atoms with E-state index < -0.39 is 57.1 Å². The first kappa shape index (κ1) is 101. The Balaban J connectivity index is 0.000000235. The van der Waals surface area contributed by atoms with Gasteiger partial charge < -0.3 is 82.0 Å². The minimum absolute atomic E-state index is 0. The molecule has 12 amide bonds. The van der Waals surface area contributed by atoms with Gasteiger partial charge in [0, 0.05) is 80.0 Å². The number of halogens is 2. The quantitative estimate of drug-likeness (QED) is 0.0216. The van der Waals surface area contributed by atoms with Gasteiger partial charge in [0.25, 0.3) is 5.91 Å². The molecule has 0 unspecified atom stereocenters. The van der Waals surface area contributed by atoms with Crippen LogP contribution in [0, 0.1) is 0 Å². The Bertz CT molecular complexity index is 5330. The lowest BCUT2D eigenvalue weighted by atomic mass is 9.94. The van der Waals surface area contributed by atoms with E-state index in [1.165, 1.54) is 36.1 Å². The highest BCUT2D eigenvalue weighted by Gasteiger charge is 2.54. The molecule has 0 radical (unpaired) electrons. The van der Waals surface area contributed by atoms with Crippen LogP contribution in [0.25, 0.3) is 0 Å². The van der Waals surface area contributed by atoms with Gasteiger partial charge in [0.2, 0.25) is 23.6 Å². The van der Waals surface area contributed by atoms with Crippen LogP contribution in [0.2, 0.25) is 0 Å². The number of aromatic nitrogens is 6. The highest BCUT2D eigenvalue weighted by Crippen LogP contribution is 2.51. The summed E-state index contributed by atoms with van der Waals surface area (Å²) >= 11 is 0. The molecule has 1 saturated carbocycles. The highest BCUT2D eigenvalue weighted by molar-refractivity contribution is 7.59. The molecule has 6 heterocycles. The molecule has 9 aromatic rings. The zero-order chi connectivity index (χ0) is 90.9. The molecule has 3 atom stereocenters. The van der Waals surface area contributed by atoms with Crippen LogP contribution in [0.15, 0.2) is 196 Å². The standard InChI is InChI=1S/C32H39N7O3.C30H35F2N7O3.C30H37N7O4.3H2S/c1-7-26(40)33-23-15-13-22(14-16-23)32(17-18-32)29(41)35-28-24-19-39(31(2,3)27(24)38(6)36-28)30(42)34-25(20-37(4)5)21-11-9-8-10-12-21;1-7-24(40)33-21-15-13-20(14-16-21)30(31,32)27(41)35-26-22-17-39(29(2,3)25(22)38(6)36-26)28(42)34-23(18-37(4)5)19-11-9-8-10-12-19;1-8-25(38)31-22-15-14-20(16-24(22)41-7)28(39)33-27-21-17-37(30(2,3)26(21)36(6)34-27)29(40)32-23(18-35(4)5)19-12-10-9-11-13-19;;;/h7-16,25H,1,17-20H2,2-6H3,(H,33,40)(H,34,42)(H,35,36,41);7-16,23H,1,17-18H2,2-6H3,(H,33,40)(H,34,42)(H,35,36,41);8-16,23H,1,17-18H2,2-7H3,(H,31,38)(H,32,40)(H,33,34,39);3*1H2/t25-;2*23-;;;/m111.../s1. The summed E-state index contributed by atoms with van der Waals surface area (Å²) in [6, 6.07) is 44.8. The highest BCUT2D eigenvalue weighted by atomic mass is 32.1. The summed E-state index contributed by atoms with van der Waals surface area (Å²) in [5.41, 5.74) is 6.61. The average molecular weight is 1810 g/mol. The SMILES string of the molecule is C=CC(=O)Nc1ccc(C(=O)Nc2nn(C)c3c2CN(C(=O)N[C@H](CN(C)C)c2ccccc2)C3(C)C)cc1OC.C=CC(=O)Nc1ccc(C(F)(F)C(=O)Nc2nn(C)c3c2CN(C(=O)N[C@H](CN(C)C)c2ccccc2)C3(C)C)cc1.C=CC(=O)Nc1ccc(C2(C(=O)Nc3nn(C)c4c3CN(C(=O)N[C@H](CN(C)C)c3ccccc3)C4(C)C)CC2)cc1.S.S.S. The van der Waals surface area contributed by atoms with E-state index >= 15 is 8.78 Å². The van der Waals surface area contributed by atoms with Crippen LogP contribution < -0.4 is 52.6 Å². The number of hydrogen-bond acceptors (Lipinski definition) is 16. The molecule has 0 spiro atoms. The van der Waals surface area contributed by atoms with Gasteiger partial charge in [-0.2, -0.15) is 64.6 Å². The van der Waals surface area contributed by atoms with Crippen molar-refractivity contribution in [3.63, 3.8) is 0 Å². The van der Waals surface area contributed by atoms with E-state index in [0.717, 1.165) is 81.9 Å². The maximum absolute atomic E-state index is 15.2. The fourth-order valence-corrected chi connectivity index (χ4v) is 16.4. The van der Waals surface area contributed by atoms with E-state index in [2.05, 4.69) is 87.8 Å². The molecule has 6 aromatic carbocycles. The first-order valence-corrected chi connectivity index (χ1v) is 40.7. The van der Waals surface area contributed by atoms with Gasteiger partial charge in [-0.25, -0.2) is 14.4 Å². The van der Waals surface area contributed by atoms with Gasteiger partial charge in [-0.3, -0.25) is 42.8 Å². The van der Waals surface area contributed by atoms with Crippen molar-refractivity contribution < 1.29 is 56.7 Å². The maximum atomic E-state index is 15.2. The third kappa shape index (κ3) is 22.3. The van der Waals surface area contributed by atoms with E-state index in [0.29, 0.717) is 71.8 Å². The minimum atomic E-state index is -3.90. The summed E-state index contributed by atoms with van der Waals surface area (Å²) < 4.78 is 40.7. The smallest absolute Gasteiger partial charge is 0.350 e. The Kier molecular flexibility index (Phi) is 33.0. The molecule has 1 fully saturated rings. The lowest BCUT2D eigenvalue weighted by Crippen LogP contribution is -2.49. The van der Waals surface area contributed by atoms with E-state index in [1.54, 1.807) is 57.5 Å². The Labute approximate surface area is 766 Å². The molecule has 36 heteroatoms. The Morgan fingerprint density at radius 3 is 1.13 bits per heavy atom. The Morgan fingerprint density at radius 1 is 0.461 bits per heavy atom. The number of aryl methyl sites for hydroxylation is 3. The molecular weight excluding hydrogens is 1690 g/mol. The van der Waals surface area contributed by atoms with Crippen LogP contribution in [0.4, 0.5) is 57.7 Å². The van der Waals surface area contributed by atoms with Crippen LogP contribution >= 0.6 is 40.5 Å². The summed E-state index contributed by atoms with van der Waals surface area (Å²) in [5, 5.41) is 39.2. The van der Waals surface area contributed by atoms with Crippen molar-refractivity contribution >= 4 is 129 Å². The van der Waals surface area contributed by atoms with E-state index in [1.807, 2.05) is 209 Å². The largest absolute Gasteiger partial charge is 0.495 e. The summed E-state index contributed by atoms with van der Waals surface area (Å²) in [4.78, 5) is 127. The number of rotatable bonds is 27. The third-order valence-electron chi connectivity index (χ3n) is 22.7. The van der Waals surface area contributed by atoms with Gasteiger partial charge in [-0.05, 0) is 180 Å². The third-order valence-corrected chi connectivity index (χ3v) is 22.7. The number of urea groups is 3. The number of anilines is 6. The zero-order valence-corrected chi connectivity index (χ0v) is 78.0. The number of carbonyl (C=O) groups excluding carboxylic acids is 9. The number of alkyl halides is 2. The number of fused-ring (bicyclic) bond motifs is 3.